The van der Waals surface area contributed by atoms with Crippen molar-refractivity contribution in [3.05, 3.63) is 63.5 Å². The molecule has 0 unspecified atom stereocenters. The van der Waals surface area contributed by atoms with Crippen LogP contribution in [0.5, 0.6) is 23.0 Å². The van der Waals surface area contributed by atoms with Crippen molar-refractivity contribution in [2.45, 2.75) is 0 Å². The number of rotatable bonds is 8. The topological polar surface area (TPSA) is 96.2 Å². The number of hydrogen-bond acceptors (Lipinski definition) is 8. The first-order valence-corrected chi connectivity index (χ1v) is 9.41. The van der Waals surface area contributed by atoms with Crippen molar-refractivity contribution in [1.29, 1.82) is 0 Å². The number of aromatic nitrogens is 2. The number of nitrogens with zero attached hydrogens (tertiary/aromatic N) is 3. The zero-order chi connectivity index (χ0) is 22.4. The molecular formula is C21H21ClN4O5. The Morgan fingerprint density at radius 1 is 0.968 bits per heavy atom. The summed E-state index contributed by atoms with van der Waals surface area (Å²) in [6, 6.07) is 10.3. The third-order valence-corrected chi connectivity index (χ3v) is 4.73. The third-order valence-electron chi connectivity index (χ3n) is 4.36. The van der Waals surface area contributed by atoms with Gasteiger partial charge in [0, 0.05) is 11.6 Å². The highest BCUT2D eigenvalue weighted by molar-refractivity contribution is 6.32. The molecule has 3 rings (SSSR count). The molecule has 0 saturated carbocycles. The van der Waals surface area contributed by atoms with Crippen LogP contribution < -0.4 is 29.9 Å². The molecule has 1 aromatic heterocycles. The van der Waals surface area contributed by atoms with Crippen LogP contribution in [0.4, 0.5) is 5.69 Å². The van der Waals surface area contributed by atoms with Gasteiger partial charge in [0.1, 0.15) is 22.2 Å². The van der Waals surface area contributed by atoms with Crippen molar-refractivity contribution in [3.63, 3.8) is 0 Å². The van der Waals surface area contributed by atoms with Gasteiger partial charge in [-0.05, 0) is 30.3 Å². The molecule has 0 aliphatic carbocycles. The number of nitrogens with one attached hydrogen (secondary N) is 1. The number of halogens is 1. The molecule has 0 aliphatic heterocycles. The Bertz CT molecular complexity index is 1150. The molecule has 0 atom stereocenters. The second kappa shape index (κ2) is 9.86. The molecule has 0 fully saturated rings. The molecule has 0 aliphatic rings. The first-order valence-electron chi connectivity index (χ1n) is 9.03. The van der Waals surface area contributed by atoms with Gasteiger partial charge in [0.05, 0.1) is 46.5 Å². The Labute approximate surface area is 183 Å². The Hall–Kier alpha value is -3.72. The second-order valence-electron chi connectivity index (χ2n) is 6.11. The summed E-state index contributed by atoms with van der Waals surface area (Å²) in [6.45, 7) is 0. The fourth-order valence-corrected chi connectivity index (χ4v) is 2.91. The highest BCUT2D eigenvalue weighted by Crippen LogP contribution is 2.33. The molecule has 0 radical (unpaired) electrons. The highest BCUT2D eigenvalue weighted by Gasteiger charge is 2.12. The number of hydrogen-bond donors (Lipinski definition) is 1. The van der Waals surface area contributed by atoms with E-state index in [1.165, 1.54) is 38.4 Å². The Morgan fingerprint density at radius 2 is 1.61 bits per heavy atom. The van der Waals surface area contributed by atoms with E-state index in [0.29, 0.717) is 34.2 Å². The van der Waals surface area contributed by atoms with Crippen LogP contribution >= 0.6 is 11.6 Å². The summed E-state index contributed by atoms with van der Waals surface area (Å²) in [5, 5.41) is 8.24. The van der Waals surface area contributed by atoms with Gasteiger partial charge in [-0.3, -0.25) is 10.2 Å². The van der Waals surface area contributed by atoms with Crippen molar-refractivity contribution in [1.82, 2.24) is 9.78 Å². The summed E-state index contributed by atoms with van der Waals surface area (Å²) in [5.74, 6) is 2.24. The van der Waals surface area contributed by atoms with Gasteiger partial charge in [0.25, 0.3) is 5.56 Å². The minimum atomic E-state index is -0.490. The molecule has 31 heavy (non-hydrogen) atoms. The third kappa shape index (κ3) is 4.72. The average molecular weight is 445 g/mol. The molecule has 0 bridgehead atoms. The van der Waals surface area contributed by atoms with Crippen molar-refractivity contribution in [2.24, 2.45) is 5.10 Å². The van der Waals surface area contributed by atoms with Crippen LogP contribution in [0.2, 0.25) is 5.02 Å². The summed E-state index contributed by atoms with van der Waals surface area (Å²) in [7, 11) is 6.17. The van der Waals surface area contributed by atoms with Gasteiger partial charge in [0.15, 0.2) is 11.5 Å². The van der Waals surface area contributed by atoms with Crippen LogP contribution in [0, 0.1) is 0 Å². The normalized spacial score (nSPS) is 10.7. The Balaban J connectivity index is 1.84. The number of benzene rings is 2. The lowest BCUT2D eigenvalue weighted by Gasteiger charge is -2.12. The lowest BCUT2D eigenvalue weighted by atomic mass is 10.2. The quantitative estimate of drug-likeness (QED) is 0.420. The molecule has 9 nitrogen and oxygen atoms in total. The molecule has 3 aromatic rings. The van der Waals surface area contributed by atoms with E-state index in [9.17, 15) is 4.79 Å². The lowest BCUT2D eigenvalue weighted by Crippen LogP contribution is -2.22. The number of ether oxygens (including phenoxy) is 4. The van der Waals surface area contributed by atoms with Crippen LogP contribution in [0.25, 0.3) is 5.69 Å². The molecule has 1 N–H and O–H groups in total. The van der Waals surface area contributed by atoms with E-state index in [2.05, 4.69) is 15.6 Å². The van der Waals surface area contributed by atoms with E-state index >= 15 is 0 Å². The highest BCUT2D eigenvalue weighted by atomic mass is 35.5. The van der Waals surface area contributed by atoms with Crippen LogP contribution in [0.3, 0.4) is 0 Å². The van der Waals surface area contributed by atoms with Crippen molar-refractivity contribution < 1.29 is 18.9 Å². The Morgan fingerprint density at radius 3 is 2.23 bits per heavy atom. The summed E-state index contributed by atoms with van der Waals surface area (Å²) in [6.07, 6.45) is 2.92. The van der Waals surface area contributed by atoms with Gasteiger partial charge in [-0.25, -0.2) is 0 Å². The van der Waals surface area contributed by atoms with Gasteiger partial charge in [-0.15, -0.1) is 0 Å². The van der Waals surface area contributed by atoms with E-state index in [0.717, 1.165) is 0 Å². The standard InChI is InChI=1S/C21H21ClN4O5/c1-28-15-7-5-14(6-8-15)26-21(27)20(22)16(12-24-26)25-23-11-13-9-18(30-3)19(31-4)10-17(13)29-2/h5-12,25H,1-4H3/b23-11-. The zero-order valence-electron chi connectivity index (χ0n) is 17.4. The molecule has 162 valence electrons. The second-order valence-corrected chi connectivity index (χ2v) is 6.48. The summed E-state index contributed by atoms with van der Waals surface area (Å²) < 4.78 is 22.2. The number of methoxy groups -OCH3 is 4. The maximum atomic E-state index is 12.6. The molecule has 10 heteroatoms. The van der Waals surface area contributed by atoms with Gasteiger partial charge >= 0.3 is 0 Å². The zero-order valence-corrected chi connectivity index (χ0v) is 18.1. The molecule has 0 amide bonds. The minimum absolute atomic E-state index is 0.0535. The molecule has 0 spiro atoms. The molecule has 0 saturated heterocycles. The van der Waals surface area contributed by atoms with Crippen molar-refractivity contribution in [3.8, 4) is 28.7 Å². The predicted molar refractivity (Wildman–Crippen MR) is 119 cm³/mol. The molecular weight excluding hydrogens is 424 g/mol. The van der Waals surface area contributed by atoms with E-state index in [1.54, 1.807) is 43.5 Å². The smallest absolute Gasteiger partial charge is 0.292 e. The summed E-state index contributed by atoms with van der Waals surface area (Å²) in [4.78, 5) is 12.6. The Kier molecular flexibility index (Phi) is 6.99. The van der Waals surface area contributed by atoms with Crippen LogP contribution in [-0.2, 0) is 0 Å². The fourth-order valence-electron chi connectivity index (χ4n) is 2.74. The summed E-state index contributed by atoms with van der Waals surface area (Å²) >= 11 is 6.24. The van der Waals surface area contributed by atoms with E-state index in [-0.39, 0.29) is 10.7 Å². The maximum Gasteiger partial charge on any atom is 0.292 e. The minimum Gasteiger partial charge on any atom is -0.497 e. The van der Waals surface area contributed by atoms with Gasteiger partial charge in [0.2, 0.25) is 0 Å². The fraction of sp³-hybridized carbons (Fsp3) is 0.190. The first kappa shape index (κ1) is 22.0. The van der Waals surface area contributed by atoms with Gasteiger partial charge < -0.3 is 18.9 Å². The number of anilines is 1. The average Bonchev–Trinajstić information content (AvgIpc) is 2.81. The lowest BCUT2D eigenvalue weighted by molar-refractivity contribution is 0.349. The molecule has 2 aromatic carbocycles. The van der Waals surface area contributed by atoms with E-state index < -0.39 is 5.56 Å². The monoisotopic (exact) mass is 444 g/mol. The largest absolute Gasteiger partial charge is 0.497 e. The first-order chi connectivity index (χ1) is 15.0. The van der Waals surface area contributed by atoms with E-state index in [1.807, 2.05) is 0 Å². The van der Waals surface area contributed by atoms with Crippen LogP contribution in [0.1, 0.15) is 5.56 Å². The predicted octanol–water partition coefficient (Wildman–Crippen LogP) is 3.37. The summed E-state index contributed by atoms with van der Waals surface area (Å²) in [5.41, 5.74) is 3.68. The van der Waals surface area contributed by atoms with E-state index in [4.69, 9.17) is 30.5 Å². The SMILES string of the molecule is COc1ccc(-n2ncc(N/N=C\c3cc(OC)c(OC)cc3OC)c(Cl)c2=O)cc1. The van der Waals surface area contributed by atoms with Gasteiger partial charge in [-0.2, -0.15) is 14.9 Å². The molecule has 1 heterocycles. The van der Waals surface area contributed by atoms with Crippen molar-refractivity contribution in [2.75, 3.05) is 33.9 Å². The maximum absolute atomic E-state index is 12.6. The van der Waals surface area contributed by atoms with Gasteiger partial charge in [-0.1, -0.05) is 11.6 Å². The number of hydrazone groups is 1. The van der Waals surface area contributed by atoms with Crippen LogP contribution in [-0.4, -0.2) is 44.4 Å². The van der Waals surface area contributed by atoms with Crippen molar-refractivity contribution >= 4 is 23.5 Å². The van der Waals surface area contributed by atoms with Crippen LogP contribution in [0.15, 0.2) is 52.5 Å².